The van der Waals surface area contributed by atoms with Gasteiger partial charge in [0.25, 0.3) is 5.56 Å². The quantitative estimate of drug-likeness (QED) is 0.892. The van der Waals surface area contributed by atoms with E-state index < -0.39 is 24.0 Å². The van der Waals surface area contributed by atoms with Gasteiger partial charge in [0.05, 0.1) is 18.2 Å². The van der Waals surface area contributed by atoms with Gasteiger partial charge in [-0.3, -0.25) is 14.4 Å². The smallest absolute Gasteiger partial charge is 0.286 e. The van der Waals surface area contributed by atoms with Crippen LogP contribution in [0.2, 0.25) is 0 Å². The average molecular weight is 313 g/mol. The van der Waals surface area contributed by atoms with Crippen molar-refractivity contribution in [2.45, 2.75) is 19.4 Å². The zero-order valence-corrected chi connectivity index (χ0v) is 12.1. The summed E-state index contributed by atoms with van der Waals surface area (Å²) in [7, 11) is 1.61. The second-order valence-electron chi connectivity index (χ2n) is 5.26. The first-order chi connectivity index (χ1) is 10.4. The van der Waals surface area contributed by atoms with Crippen LogP contribution >= 0.6 is 0 Å². The SMILES string of the molecule is CN1CC(C(=O)Nc2cc(F)c(=O)n(CCF)c2)CCC1=O. The molecule has 0 aromatic carbocycles. The number of carbonyl (C=O) groups excluding carboxylic acids is 2. The molecule has 1 fully saturated rings. The van der Waals surface area contributed by atoms with Gasteiger partial charge in [-0.25, -0.2) is 8.78 Å². The maximum Gasteiger partial charge on any atom is 0.286 e. The number of piperidine rings is 1. The van der Waals surface area contributed by atoms with E-state index in [4.69, 9.17) is 0 Å². The molecule has 6 nitrogen and oxygen atoms in total. The van der Waals surface area contributed by atoms with E-state index in [0.29, 0.717) is 6.42 Å². The van der Waals surface area contributed by atoms with Crippen molar-refractivity contribution in [2.75, 3.05) is 25.6 Å². The molecule has 1 aliphatic rings. The highest BCUT2D eigenvalue weighted by atomic mass is 19.1. The van der Waals surface area contributed by atoms with Crippen LogP contribution in [0.4, 0.5) is 14.5 Å². The third kappa shape index (κ3) is 3.49. The Morgan fingerprint density at radius 2 is 2.18 bits per heavy atom. The number of aromatic nitrogens is 1. The van der Waals surface area contributed by atoms with Crippen LogP contribution in [-0.4, -0.2) is 41.5 Å². The third-order valence-electron chi connectivity index (χ3n) is 3.63. The molecule has 0 bridgehead atoms. The second kappa shape index (κ2) is 6.67. The lowest BCUT2D eigenvalue weighted by molar-refractivity contribution is -0.135. The highest BCUT2D eigenvalue weighted by Gasteiger charge is 2.28. The number of hydrogen-bond acceptors (Lipinski definition) is 3. The summed E-state index contributed by atoms with van der Waals surface area (Å²) >= 11 is 0. The van der Waals surface area contributed by atoms with Crippen LogP contribution < -0.4 is 10.9 Å². The summed E-state index contributed by atoms with van der Waals surface area (Å²) in [5.74, 6) is -1.83. The minimum absolute atomic E-state index is 0.0217. The van der Waals surface area contributed by atoms with Crippen molar-refractivity contribution in [3.8, 4) is 0 Å². The maximum absolute atomic E-state index is 13.5. The summed E-state index contributed by atoms with van der Waals surface area (Å²) in [4.78, 5) is 36.5. The maximum atomic E-state index is 13.5. The van der Waals surface area contributed by atoms with Gasteiger partial charge in [-0.1, -0.05) is 0 Å². The van der Waals surface area contributed by atoms with E-state index in [0.717, 1.165) is 10.6 Å². The molecule has 2 amide bonds. The van der Waals surface area contributed by atoms with Gasteiger partial charge in [-0.05, 0) is 6.42 Å². The fraction of sp³-hybridized carbons (Fsp3) is 0.500. The molecule has 120 valence electrons. The molecule has 2 rings (SSSR count). The van der Waals surface area contributed by atoms with Crippen molar-refractivity contribution >= 4 is 17.5 Å². The van der Waals surface area contributed by atoms with Crippen LogP contribution in [0.3, 0.4) is 0 Å². The van der Waals surface area contributed by atoms with Crippen LogP contribution in [0.15, 0.2) is 17.1 Å². The minimum Gasteiger partial charge on any atom is -0.345 e. The Hall–Kier alpha value is -2.25. The summed E-state index contributed by atoms with van der Waals surface area (Å²) in [5.41, 5.74) is -0.839. The Morgan fingerprint density at radius 3 is 2.82 bits per heavy atom. The molecule has 0 aliphatic carbocycles. The molecular weight excluding hydrogens is 296 g/mol. The third-order valence-corrected chi connectivity index (χ3v) is 3.63. The first-order valence-electron chi connectivity index (χ1n) is 6.93. The van der Waals surface area contributed by atoms with Crippen molar-refractivity contribution < 1.29 is 18.4 Å². The molecule has 1 aromatic rings. The predicted molar refractivity (Wildman–Crippen MR) is 75.6 cm³/mol. The standard InChI is InChI=1S/C14H17F2N3O3/c1-18-7-9(2-3-12(18)20)13(21)17-10-6-11(16)14(22)19(8-10)5-4-15/h6,8-9H,2-5,7H2,1H3,(H,17,21). The number of aryl methyl sites for hydroxylation is 1. The Labute approximate surface area is 125 Å². The Balaban J connectivity index is 2.11. The number of hydrogen-bond donors (Lipinski definition) is 1. The zero-order chi connectivity index (χ0) is 16.3. The average Bonchev–Trinajstić information content (AvgIpc) is 2.47. The van der Waals surface area contributed by atoms with E-state index in [1.807, 2.05) is 0 Å². The Kier molecular flexibility index (Phi) is 4.89. The normalized spacial score (nSPS) is 18.4. The Morgan fingerprint density at radius 1 is 1.45 bits per heavy atom. The number of amides is 2. The van der Waals surface area contributed by atoms with Gasteiger partial charge in [-0.2, -0.15) is 0 Å². The van der Waals surface area contributed by atoms with E-state index in [1.165, 1.54) is 11.1 Å². The van der Waals surface area contributed by atoms with Gasteiger partial charge < -0.3 is 14.8 Å². The molecule has 0 saturated carbocycles. The van der Waals surface area contributed by atoms with Crippen molar-refractivity contribution in [1.82, 2.24) is 9.47 Å². The summed E-state index contributed by atoms with van der Waals surface area (Å²) < 4.78 is 26.7. The molecule has 8 heteroatoms. The predicted octanol–water partition coefficient (Wildman–Crippen LogP) is 0.764. The number of pyridine rings is 1. The van der Waals surface area contributed by atoms with E-state index in [-0.39, 0.29) is 37.0 Å². The summed E-state index contributed by atoms with van der Waals surface area (Å²) in [6.45, 7) is -0.802. The fourth-order valence-corrected chi connectivity index (χ4v) is 2.40. The van der Waals surface area contributed by atoms with Crippen LogP contribution in [0.1, 0.15) is 12.8 Å². The number of nitrogens with one attached hydrogen (secondary N) is 1. The molecule has 1 atom stereocenters. The molecule has 1 unspecified atom stereocenters. The van der Waals surface area contributed by atoms with E-state index in [9.17, 15) is 23.2 Å². The van der Waals surface area contributed by atoms with Crippen LogP contribution in [-0.2, 0) is 16.1 Å². The number of carbonyl (C=O) groups is 2. The molecule has 0 radical (unpaired) electrons. The molecule has 1 aromatic heterocycles. The lowest BCUT2D eigenvalue weighted by Gasteiger charge is -2.28. The van der Waals surface area contributed by atoms with Gasteiger partial charge in [0, 0.05) is 32.3 Å². The molecule has 0 spiro atoms. The van der Waals surface area contributed by atoms with Gasteiger partial charge in [0.2, 0.25) is 11.8 Å². The van der Waals surface area contributed by atoms with E-state index >= 15 is 0 Å². The van der Waals surface area contributed by atoms with Gasteiger partial charge in [-0.15, -0.1) is 0 Å². The number of halogens is 2. The highest BCUT2D eigenvalue weighted by Crippen LogP contribution is 2.18. The number of anilines is 1. The molecule has 22 heavy (non-hydrogen) atoms. The summed E-state index contributed by atoms with van der Waals surface area (Å²) in [5, 5.41) is 2.51. The fourth-order valence-electron chi connectivity index (χ4n) is 2.40. The van der Waals surface area contributed by atoms with Gasteiger partial charge in [0.1, 0.15) is 6.67 Å². The first kappa shape index (κ1) is 16.1. The summed E-state index contributed by atoms with van der Waals surface area (Å²) in [6.07, 6.45) is 1.91. The number of rotatable bonds is 4. The highest BCUT2D eigenvalue weighted by molar-refractivity contribution is 5.93. The van der Waals surface area contributed by atoms with Crippen LogP contribution in [0, 0.1) is 11.7 Å². The van der Waals surface area contributed by atoms with Crippen molar-refractivity contribution in [3.63, 3.8) is 0 Å². The van der Waals surface area contributed by atoms with Gasteiger partial charge in [0.15, 0.2) is 5.82 Å². The number of alkyl halides is 1. The number of nitrogens with zero attached hydrogens (tertiary/aromatic N) is 2. The zero-order valence-electron chi connectivity index (χ0n) is 12.1. The second-order valence-corrected chi connectivity index (χ2v) is 5.26. The first-order valence-corrected chi connectivity index (χ1v) is 6.93. The monoisotopic (exact) mass is 313 g/mol. The van der Waals surface area contributed by atoms with Crippen molar-refractivity contribution in [3.05, 3.63) is 28.4 Å². The lowest BCUT2D eigenvalue weighted by Crippen LogP contribution is -2.41. The molecular formula is C14H17F2N3O3. The topological polar surface area (TPSA) is 71.4 Å². The van der Waals surface area contributed by atoms with Crippen LogP contribution in [0.25, 0.3) is 0 Å². The molecule has 1 N–H and O–H groups in total. The molecule has 2 heterocycles. The lowest BCUT2D eigenvalue weighted by atomic mass is 9.97. The van der Waals surface area contributed by atoms with Crippen LogP contribution in [0.5, 0.6) is 0 Å². The van der Waals surface area contributed by atoms with E-state index in [1.54, 1.807) is 7.05 Å². The van der Waals surface area contributed by atoms with Gasteiger partial charge >= 0.3 is 0 Å². The van der Waals surface area contributed by atoms with Crippen molar-refractivity contribution in [2.24, 2.45) is 5.92 Å². The minimum atomic E-state index is -1.05. The summed E-state index contributed by atoms with van der Waals surface area (Å²) in [6, 6.07) is 0.909. The molecule has 1 saturated heterocycles. The van der Waals surface area contributed by atoms with Crippen molar-refractivity contribution in [1.29, 1.82) is 0 Å². The molecule has 1 aliphatic heterocycles. The number of likely N-dealkylation sites (tertiary alicyclic amines) is 1. The Bertz CT molecular complexity index is 645. The van der Waals surface area contributed by atoms with E-state index in [2.05, 4.69) is 5.32 Å². The largest absolute Gasteiger partial charge is 0.345 e.